The zero-order valence-electron chi connectivity index (χ0n) is 13.2. The number of carbonyl (C=O) groups excluding carboxylic acids is 2. The van der Waals surface area contributed by atoms with E-state index in [4.69, 9.17) is 14.2 Å². The predicted octanol–water partition coefficient (Wildman–Crippen LogP) is 1.58. The molecule has 7 nitrogen and oxygen atoms in total. The van der Waals surface area contributed by atoms with Crippen molar-refractivity contribution in [2.45, 2.75) is 19.3 Å². The van der Waals surface area contributed by atoms with Crippen LogP contribution in [0, 0.1) is 5.82 Å². The van der Waals surface area contributed by atoms with Crippen molar-refractivity contribution >= 4 is 17.7 Å². The normalized spacial score (nSPS) is 17.5. The van der Waals surface area contributed by atoms with Crippen LogP contribution < -0.4 is 10.2 Å². The van der Waals surface area contributed by atoms with Gasteiger partial charge >= 0.3 is 6.09 Å². The Labute approximate surface area is 133 Å². The molecule has 23 heavy (non-hydrogen) atoms. The lowest BCUT2D eigenvalue weighted by atomic mass is 10.1. The highest BCUT2D eigenvalue weighted by atomic mass is 19.1. The number of ether oxygens (including phenoxy) is 3. The molecule has 0 spiro atoms. The first-order chi connectivity index (χ1) is 11.0. The van der Waals surface area contributed by atoms with E-state index in [9.17, 15) is 14.0 Å². The molecule has 0 radical (unpaired) electrons. The minimum atomic E-state index is -0.818. The SMILES string of the molecule is COC(OC)c1ccc(N2C[C@H](CNC(C)=O)OC2=O)cc1F. The van der Waals surface area contributed by atoms with Gasteiger partial charge in [-0.3, -0.25) is 9.69 Å². The van der Waals surface area contributed by atoms with Crippen LogP contribution in [-0.2, 0) is 19.0 Å². The standard InChI is InChI=1S/C15H19FN2O5/c1-9(19)17-7-11-8-18(15(20)23-11)10-4-5-12(13(16)6-10)14(21-2)22-3/h4-6,11,14H,7-8H2,1-3H3,(H,17,19)/t11-/m0/s1. The highest BCUT2D eigenvalue weighted by molar-refractivity contribution is 5.89. The van der Waals surface area contributed by atoms with Crippen molar-refractivity contribution in [2.75, 3.05) is 32.2 Å². The molecular formula is C15H19FN2O5. The average molecular weight is 326 g/mol. The molecule has 1 heterocycles. The number of rotatable bonds is 6. The third-order valence-electron chi connectivity index (χ3n) is 3.43. The number of benzene rings is 1. The van der Waals surface area contributed by atoms with E-state index in [0.717, 1.165) is 0 Å². The monoisotopic (exact) mass is 326 g/mol. The average Bonchev–Trinajstić information content (AvgIpc) is 2.89. The summed E-state index contributed by atoms with van der Waals surface area (Å²) in [4.78, 5) is 24.1. The summed E-state index contributed by atoms with van der Waals surface area (Å²) in [6, 6.07) is 4.31. The van der Waals surface area contributed by atoms with Crippen LogP contribution >= 0.6 is 0 Å². The summed E-state index contributed by atoms with van der Waals surface area (Å²) in [6.07, 6.45) is -1.87. The van der Waals surface area contributed by atoms with Crippen LogP contribution in [0.3, 0.4) is 0 Å². The molecule has 1 aliphatic heterocycles. The molecule has 0 bridgehead atoms. The van der Waals surface area contributed by atoms with Crippen LogP contribution in [0.2, 0.25) is 0 Å². The molecule has 1 N–H and O–H groups in total. The molecule has 2 rings (SSSR count). The minimum absolute atomic E-state index is 0.208. The molecule has 1 saturated heterocycles. The molecule has 0 saturated carbocycles. The number of halogens is 1. The second kappa shape index (κ2) is 7.38. The van der Waals surface area contributed by atoms with Gasteiger partial charge in [0.1, 0.15) is 11.9 Å². The van der Waals surface area contributed by atoms with Crippen LogP contribution in [0.25, 0.3) is 0 Å². The maximum atomic E-state index is 14.2. The number of amides is 2. The first kappa shape index (κ1) is 17.2. The Morgan fingerprint density at radius 3 is 2.74 bits per heavy atom. The Morgan fingerprint density at radius 2 is 2.17 bits per heavy atom. The van der Waals surface area contributed by atoms with Crippen molar-refractivity contribution in [2.24, 2.45) is 0 Å². The smallest absolute Gasteiger partial charge is 0.414 e. The molecule has 1 aromatic rings. The van der Waals surface area contributed by atoms with E-state index in [1.807, 2.05) is 0 Å². The summed E-state index contributed by atoms with van der Waals surface area (Å²) >= 11 is 0. The molecular weight excluding hydrogens is 307 g/mol. The van der Waals surface area contributed by atoms with Gasteiger partial charge < -0.3 is 19.5 Å². The summed E-state index contributed by atoms with van der Waals surface area (Å²) < 4.78 is 29.4. The molecule has 1 atom stereocenters. The molecule has 126 valence electrons. The van der Waals surface area contributed by atoms with Gasteiger partial charge in [-0.1, -0.05) is 0 Å². The minimum Gasteiger partial charge on any atom is -0.442 e. The molecule has 0 aromatic heterocycles. The molecule has 0 aliphatic carbocycles. The number of nitrogens with one attached hydrogen (secondary N) is 1. The third-order valence-corrected chi connectivity index (χ3v) is 3.43. The largest absolute Gasteiger partial charge is 0.442 e. The van der Waals surface area contributed by atoms with E-state index in [2.05, 4.69) is 5.32 Å². The van der Waals surface area contributed by atoms with Crippen molar-refractivity contribution in [3.63, 3.8) is 0 Å². The van der Waals surface area contributed by atoms with Gasteiger partial charge in [0.25, 0.3) is 0 Å². The summed E-state index contributed by atoms with van der Waals surface area (Å²) in [5.74, 6) is -0.755. The Bertz CT molecular complexity index is 591. The van der Waals surface area contributed by atoms with Gasteiger partial charge in [-0.15, -0.1) is 0 Å². The lowest BCUT2D eigenvalue weighted by Crippen LogP contribution is -2.33. The fourth-order valence-electron chi connectivity index (χ4n) is 2.32. The lowest BCUT2D eigenvalue weighted by Gasteiger charge is -2.17. The van der Waals surface area contributed by atoms with E-state index < -0.39 is 24.3 Å². The predicted molar refractivity (Wildman–Crippen MR) is 79.5 cm³/mol. The topological polar surface area (TPSA) is 77.1 Å². The third kappa shape index (κ3) is 3.96. The fourth-order valence-corrected chi connectivity index (χ4v) is 2.32. The zero-order valence-corrected chi connectivity index (χ0v) is 13.2. The molecule has 1 fully saturated rings. The van der Waals surface area contributed by atoms with Crippen LogP contribution in [0.5, 0.6) is 0 Å². The quantitative estimate of drug-likeness (QED) is 0.803. The van der Waals surface area contributed by atoms with Gasteiger partial charge in [-0.05, 0) is 18.2 Å². The van der Waals surface area contributed by atoms with E-state index in [-0.39, 0.29) is 24.6 Å². The van der Waals surface area contributed by atoms with Crippen LogP contribution in [0.1, 0.15) is 18.8 Å². The number of hydrogen-bond acceptors (Lipinski definition) is 5. The second-order valence-electron chi connectivity index (χ2n) is 5.06. The van der Waals surface area contributed by atoms with Crippen molar-refractivity contribution < 1.29 is 28.2 Å². The molecule has 8 heteroatoms. The first-order valence-corrected chi connectivity index (χ1v) is 7.04. The molecule has 1 aliphatic rings. The maximum absolute atomic E-state index is 14.2. The van der Waals surface area contributed by atoms with E-state index in [1.165, 1.54) is 38.2 Å². The second-order valence-corrected chi connectivity index (χ2v) is 5.06. The Morgan fingerprint density at radius 1 is 1.48 bits per heavy atom. The van der Waals surface area contributed by atoms with Crippen molar-refractivity contribution in [1.82, 2.24) is 5.32 Å². The molecule has 0 unspecified atom stereocenters. The maximum Gasteiger partial charge on any atom is 0.414 e. The summed E-state index contributed by atoms with van der Waals surface area (Å²) in [5.41, 5.74) is 0.605. The van der Waals surface area contributed by atoms with Gasteiger partial charge in [0, 0.05) is 26.7 Å². The molecule has 2 amide bonds. The number of nitrogens with zero attached hydrogens (tertiary/aromatic N) is 1. The van der Waals surface area contributed by atoms with Crippen LogP contribution in [0.15, 0.2) is 18.2 Å². The Balaban J connectivity index is 2.11. The van der Waals surface area contributed by atoms with Gasteiger partial charge in [0.05, 0.1) is 18.8 Å². The fraction of sp³-hybridized carbons (Fsp3) is 0.467. The highest BCUT2D eigenvalue weighted by Gasteiger charge is 2.33. The number of methoxy groups -OCH3 is 2. The number of carbonyl (C=O) groups is 2. The Hall–Kier alpha value is -2.19. The van der Waals surface area contributed by atoms with Crippen molar-refractivity contribution in [3.8, 4) is 0 Å². The van der Waals surface area contributed by atoms with Crippen molar-refractivity contribution in [1.29, 1.82) is 0 Å². The summed E-state index contributed by atoms with van der Waals surface area (Å²) in [5, 5.41) is 2.58. The van der Waals surface area contributed by atoms with Gasteiger partial charge in [0.15, 0.2) is 6.29 Å². The van der Waals surface area contributed by atoms with Crippen LogP contribution in [-0.4, -0.2) is 45.4 Å². The van der Waals surface area contributed by atoms with Crippen molar-refractivity contribution in [3.05, 3.63) is 29.6 Å². The van der Waals surface area contributed by atoms with E-state index in [1.54, 1.807) is 6.07 Å². The lowest BCUT2D eigenvalue weighted by molar-refractivity contribution is -0.119. The number of cyclic esters (lactones) is 1. The first-order valence-electron chi connectivity index (χ1n) is 7.04. The number of hydrogen-bond donors (Lipinski definition) is 1. The highest BCUT2D eigenvalue weighted by Crippen LogP contribution is 2.27. The molecule has 1 aromatic carbocycles. The van der Waals surface area contributed by atoms with E-state index in [0.29, 0.717) is 5.69 Å². The summed E-state index contributed by atoms with van der Waals surface area (Å²) in [6.45, 7) is 1.83. The number of anilines is 1. The van der Waals surface area contributed by atoms with Gasteiger partial charge in [0.2, 0.25) is 5.91 Å². The van der Waals surface area contributed by atoms with Gasteiger partial charge in [-0.25, -0.2) is 9.18 Å². The Kier molecular flexibility index (Phi) is 5.51. The van der Waals surface area contributed by atoms with Gasteiger partial charge in [-0.2, -0.15) is 0 Å². The van der Waals surface area contributed by atoms with Crippen LogP contribution in [0.4, 0.5) is 14.9 Å². The summed E-state index contributed by atoms with van der Waals surface area (Å²) in [7, 11) is 2.82. The zero-order chi connectivity index (χ0) is 17.0. The van der Waals surface area contributed by atoms with E-state index >= 15 is 0 Å².